The third-order valence-electron chi connectivity index (χ3n) is 2.27. The van der Waals surface area contributed by atoms with Gasteiger partial charge in [-0.2, -0.15) is 11.8 Å². The van der Waals surface area contributed by atoms with Crippen LogP contribution in [-0.2, 0) is 4.79 Å². The SMILES string of the molecule is CSCC(CCO)NC(=O)C#Cc1ccccc1. The van der Waals surface area contributed by atoms with Crippen LogP contribution in [0.5, 0.6) is 0 Å². The summed E-state index contributed by atoms with van der Waals surface area (Å²) in [6.07, 6.45) is 2.52. The van der Waals surface area contributed by atoms with Gasteiger partial charge in [-0.15, -0.1) is 0 Å². The first kappa shape index (κ1) is 14.6. The summed E-state index contributed by atoms with van der Waals surface area (Å²) in [5.74, 6) is 5.84. The largest absolute Gasteiger partial charge is 0.396 e. The molecule has 0 saturated carbocycles. The monoisotopic (exact) mass is 263 g/mol. The van der Waals surface area contributed by atoms with Gasteiger partial charge in [0.15, 0.2) is 0 Å². The molecule has 1 amide bonds. The molecule has 1 rings (SSSR count). The minimum Gasteiger partial charge on any atom is -0.396 e. The Morgan fingerprint density at radius 3 is 2.78 bits per heavy atom. The quantitative estimate of drug-likeness (QED) is 0.787. The highest BCUT2D eigenvalue weighted by Gasteiger charge is 2.09. The molecule has 0 aromatic heterocycles. The lowest BCUT2D eigenvalue weighted by Crippen LogP contribution is -2.36. The highest BCUT2D eigenvalue weighted by Crippen LogP contribution is 2.01. The fourth-order valence-electron chi connectivity index (χ4n) is 1.43. The minimum atomic E-state index is -0.300. The van der Waals surface area contributed by atoms with E-state index in [9.17, 15) is 4.79 Å². The average Bonchev–Trinajstić information content (AvgIpc) is 2.38. The van der Waals surface area contributed by atoms with E-state index in [1.807, 2.05) is 36.6 Å². The van der Waals surface area contributed by atoms with Crippen LogP contribution in [-0.4, -0.2) is 35.7 Å². The summed E-state index contributed by atoms with van der Waals surface area (Å²) in [6.45, 7) is 0.0671. The number of benzene rings is 1. The van der Waals surface area contributed by atoms with Crippen LogP contribution in [0.2, 0.25) is 0 Å². The lowest BCUT2D eigenvalue weighted by Gasteiger charge is -2.14. The smallest absolute Gasteiger partial charge is 0.296 e. The molecule has 0 aliphatic rings. The van der Waals surface area contributed by atoms with Crippen molar-refractivity contribution in [2.75, 3.05) is 18.6 Å². The van der Waals surface area contributed by atoms with Crippen molar-refractivity contribution < 1.29 is 9.90 Å². The standard InChI is InChI=1S/C14H17NO2S/c1-18-11-13(9-10-16)15-14(17)8-7-12-5-3-2-4-6-12/h2-6,13,16H,9-11H2,1H3,(H,15,17). The molecule has 1 atom stereocenters. The maximum absolute atomic E-state index is 11.6. The molecular weight excluding hydrogens is 246 g/mol. The Morgan fingerprint density at radius 2 is 2.17 bits per heavy atom. The molecule has 3 nitrogen and oxygen atoms in total. The van der Waals surface area contributed by atoms with Crippen LogP contribution in [0.15, 0.2) is 30.3 Å². The first-order valence-corrected chi connectivity index (χ1v) is 7.13. The number of carbonyl (C=O) groups is 1. The fraction of sp³-hybridized carbons (Fsp3) is 0.357. The van der Waals surface area contributed by atoms with Gasteiger partial charge in [-0.25, -0.2) is 0 Å². The zero-order chi connectivity index (χ0) is 13.2. The van der Waals surface area contributed by atoms with Crippen LogP contribution in [0.1, 0.15) is 12.0 Å². The van der Waals surface area contributed by atoms with Gasteiger partial charge in [0, 0.05) is 29.9 Å². The van der Waals surface area contributed by atoms with E-state index in [1.165, 1.54) is 0 Å². The lowest BCUT2D eigenvalue weighted by molar-refractivity contribution is -0.116. The van der Waals surface area contributed by atoms with Crippen LogP contribution in [0.25, 0.3) is 0 Å². The van der Waals surface area contributed by atoms with E-state index < -0.39 is 0 Å². The van der Waals surface area contributed by atoms with E-state index in [-0.39, 0.29) is 18.6 Å². The Kier molecular flexibility index (Phi) is 7.00. The molecule has 0 saturated heterocycles. The molecule has 2 N–H and O–H groups in total. The van der Waals surface area contributed by atoms with Crippen LogP contribution in [0.3, 0.4) is 0 Å². The summed E-state index contributed by atoms with van der Waals surface area (Å²) in [5, 5.41) is 11.7. The Balaban J connectivity index is 2.52. The van der Waals surface area contributed by atoms with Gasteiger partial charge < -0.3 is 10.4 Å². The molecule has 1 unspecified atom stereocenters. The molecule has 18 heavy (non-hydrogen) atoms. The van der Waals surface area contributed by atoms with Gasteiger partial charge >= 0.3 is 0 Å². The number of rotatable bonds is 5. The normalized spacial score (nSPS) is 11.2. The second kappa shape index (κ2) is 8.62. The fourth-order valence-corrected chi connectivity index (χ4v) is 2.08. The summed E-state index contributed by atoms with van der Waals surface area (Å²) >= 11 is 1.63. The molecule has 0 spiro atoms. The molecule has 4 heteroatoms. The van der Waals surface area contributed by atoms with Crippen molar-refractivity contribution in [2.24, 2.45) is 0 Å². The number of amides is 1. The van der Waals surface area contributed by atoms with E-state index >= 15 is 0 Å². The lowest BCUT2D eigenvalue weighted by atomic mass is 10.2. The highest BCUT2D eigenvalue weighted by molar-refractivity contribution is 7.98. The van der Waals surface area contributed by atoms with Crippen molar-refractivity contribution in [2.45, 2.75) is 12.5 Å². The molecule has 1 aromatic carbocycles. The molecule has 0 heterocycles. The molecule has 0 aliphatic carbocycles. The Bertz CT molecular complexity index is 416. The number of aliphatic hydroxyl groups excluding tert-OH is 1. The van der Waals surface area contributed by atoms with Gasteiger partial charge in [0.25, 0.3) is 5.91 Å². The first-order valence-electron chi connectivity index (χ1n) is 5.73. The summed E-state index contributed by atoms with van der Waals surface area (Å²) in [6, 6.07) is 9.35. The maximum Gasteiger partial charge on any atom is 0.296 e. The Labute approximate surface area is 112 Å². The zero-order valence-corrected chi connectivity index (χ0v) is 11.2. The number of hydrogen-bond acceptors (Lipinski definition) is 3. The number of aliphatic hydroxyl groups is 1. The van der Waals surface area contributed by atoms with Crippen LogP contribution in [0.4, 0.5) is 0 Å². The van der Waals surface area contributed by atoms with Crippen molar-refractivity contribution in [3.63, 3.8) is 0 Å². The molecule has 0 radical (unpaired) electrons. The first-order chi connectivity index (χ1) is 8.76. The third kappa shape index (κ3) is 5.76. The van der Waals surface area contributed by atoms with E-state index in [0.717, 1.165) is 11.3 Å². The maximum atomic E-state index is 11.6. The second-order valence-electron chi connectivity index (χ2n) is 3.75. The van der Waals surface area contributed by atoms with E-state index in [4.69, 9.17) is 5.11 Å². The second-order valence-corrected chi connectivity index (χ2v) is 4.66. The average molecular weight is 263 g/mol. The van der Waals surface area contributed by atoms with Crippen molar-refractivity contribution in [3.8, 4) is 11.8 Å². The van der Waals surface area contributed by atoms with Crippen LogP contribution in [0, 0.1) is 11.8 Å². The number of hydrogen-bond donors (Lipinski definition) is 2. The van der Waals surface area contributed by atoms with E-state index in [2.05, 4.69) is 17.2 Å². The summed E-state index contributed by atoms with van der Waals surface area (Å²) in [4.78, 5) is 11.6. The molecule has 0 bridgehead atoms. The predicted octanol–water partition coefficient (Wildman–Crippen LogP) is 1.27. The predicted molar refractivity (Wildman–Crippen MR) is 75.3 cm³/mol. The molecule has 0 aliphatic heterocycles. The van der Waals surface area contributed by atoms with E-state index in [1.54, 1.807) is 11.8 Å². The van der Waals surface area contributed by atoms with Crippen LogP contribution >= 0.6 is 11.8 Å². The third-order valence-corrected chi connectivity index (χ3v) is 3.01. The zero-order valence-electron chi connectivity index (χ0n) is 10.3. The highest BCUT2D eigenvalue weighted by atomic mass is 32.2. The van der Waals surface area contributed by atoms with Gasteiger partial charge in [0.05, 0.1) is 0 Å². The van der Waals surface area contributed by atoms with Crippen molar-refractivity contribution >= 4 is 17.7 Å². The summed E-state index contributed by atoms with van der Waals surface area (Å²) in [5.41, 5.74) is 0.816. The van der Waals surface area contributed by atoms with Crippen LogP contribution < -0.4 is 5.32 Å². The van der Waals surface area contributed by atoms with Crippen molar-refractivity contribution in [1.82, 2.24) is 5.32 Å². The van der Waals surface area contributed by atoms with Gasteiger partial charge in [0.1, 0.15) is 0 Å². The summed E-state index contributed by atoms with van der Waals surface area (Å²) < 4.78 is 0. The number of carbonyl (C=O) groups excluding carboxylic acids is 1. The van der Waals surface area contributed by atoms with Gasteiger partial charge in [0.2, 0.25) is 0 Å². The molecule has 1 aromatic rings. The molecule has 0 fully saturated rings. The van der Waals surface area contributed by atoms with Gasteiger partial charge in [-0.3, -0.25) is 4.79 Å². The van der Waals surface area contributed by atoms with E-state index in [0.29, 0.717) is 6.42 Å². The number of thioether (sulfide) groups is 1. The molecule has 96 valence electrons. The topological polar surface area (TPSA) is 49.3 Å². The van der Waals surface area contributed by atoms with Crippen molar-refractivity contribution in [1.29, 1.82) is 0 Å². The molecular formula is C14H17NO2S. The van der Waals surface area contributed by atoms with Crippen molar-refractivity contribution in [3.05, 3.63) is 35.9 Å². The minimum absolute atomic E-state index is 0.0254. The van der Waals surface area contributed by atoms with Gasteiger partial charge in [-0.05, 0) is 24.8 Å². The summed E-state index contributed by atoms with van der Waals surface area (Å²) in [7, 11) is 0. The van der Waals surface area contributed by atoms with Gasteiger partial charge in [-0.1, -0.05) is 24.1 Å². The number of nitrogens with one attached hydrogen (secondary N) is 1. The Morgan fingerprint density at radius 1 is 1.44 bits per heavy atom. The Hall–Kier alpha value is -1.44.